The van der Waals surface area contributed by atoms with E-state index in [1.807, 2.05) is 62.4 Å². The molecule has 5 rings (SSSR count). The normalized spacial score (nSPS) is 25.3. The number of hydrogen-bond donors (Lipinski definition) is 2. The minimum atomic E-state index is -1.24. The third-order valence-electron chi connectivity index (χ3n) is 10.4. The van der Waals surface area contributed by atoms with Crippen molar-refractivity contribution in [3.63, 3.8) is 0 Å². The van der Waals surface area contributed by atoms with E-state index in [-0.39, 0.29) is 42.8 Å². The molecule has 0 aromatic heterocycles. The van der Waals surface area contributed by atoms with Crippen molar-refractivity contribution in [2.45, 2.75) is 87.4 Å². The van der Waals surface area contributed by atoms with Crippen molar-refractivity contribution in [1.82, 2.24) is 10.2 Å². The Morgan fingerprint density at radius 3 is 2.45 bits per heavy atom. The highest BCUT2D eigenvalue weighted by molar-refractivity contribution is 9.09. The van der Waals surface area contributed by atoms with Gasteiger partial charge in [0.05, 0.1) is 24.0 Å². The number of para-hydroxylation sites is 1. The zero-order valence-electron chi connectivity index (χ0n) is 29.6. The smallest absolute Gasteiger partial charge is 0.306 e. The molecule has 274 valence electrons. The van der Waals surface area contributed by atoms with Crippen LogP contribution < -0.4 is 10.2 Å². The summed E-state index contributed by atoms with van der Waals surface area (Å²) in [4.78, 5) is 59.7. The fraction of sp³-hybridized carbons (Fsp3) is 0.500. The fourth-order valence-corrected chi connectivity index (χ4v) is 9.08. The van der Waals surface area contributed by atoms with E-state index >= 15 is 4.79 Å². The molecule has 51 heavy (non-hydrogen) atoms. The summed E-state index contributed by atoms with van der Waals surface area (Å²) in [6.45, 7) is 12.1. The molecule has 0 radical (unpaired) electrons. The number of alkyl halides is 1. The minimum absolute atomic E-state index is 0.0845. The number of unbranched alkanes of at least 4 members (excludes halogenated alkanes) is 3. The molecular formula is C40H50BrN3O7. The average Bonchev–Trinajstić information content (AvgIpc) is 3.71. The third kappa shape index (κ3) is 7.85. The number of amides is 3. The number of benzene rings is 2. The quantitative estimate of drug-likeness (QED) is 0.0891. The number of rotatable bonds is 18. The number of carbonyl (C=O) groups is 4. The molecule has 3 aliphatic heterocycles. The van der Waals surface area contributed by atoms with E-state index in [1.54, 1.807) is 22.0 Å². The van der Waals surface area contributed by atoms with Crippen LogP contribution >= 0.6 is 15.9 Å². The first-order chi connectivity index (χ1) is 24.6. The molecule has 2 bridgehead atoms. The molecule has 3 aliphatic rings. The van der Waals surface area contributed by atoms with Crippen molar-refractivity contribution >= 4 is 45.3 Å². The van der Waals surface area contributed by atoms with Gasteiger partial charge in [-0.2, -0.15) is 0 Å². The molecule has 2 aromatic rings. The number of carbonyl (C=O) groups excluding carboxylic acids is 4. The van der Waals surface area contributed by atoms with Crippen molar-refractivity contribution in [1.29, 1.82) is 0 Å². The molecule has 11 heteroatoms. The second-order valence-corrected chi connectivity index (χ2v) is 15.0. The van der Waals surface area contributed by atoms with Crippen molar-refractivity contribution in [3.8, 4) is 0 Å². The van der Waals surface area contributed by atoms with Crippen LogP contribution in [0.25, 0.3) is 0 Å². The average molecular weight is 765 g/mol. The predicted octanol–water partition coefficient (Wildman–Crippen LogP) is 5.49. The van der Waals surface area contributed by atoms with Crippen LogP contribution in [0.5, 0.6) is 0 Å². The fourth-order valence-electron chi connectivity index (χ4n) is 8.14. The molecule has 2 N–H and O–H groups in total. The van der Waals surface area contributed by atoms with Crippen LogP contribution in [0, 0.1) is 25.7 Å². The van der Waals surface area contributed by atoms with Gasteiger partial charge in [0, 0.05) is 36.6 Å². The highest BCUT2D eigenvalue weighted by atomic mass is 79.9. The summed E-state index contributed by atoms with van der Waals surface area (Å²) in [5.74, 6) is -3.12. The van der Waals surface area contributed by atoms with E-state index in [1.165, 1.54) is 0 Å². The number of ether oxygens (including phenoxy) is 2. The number of aliphatic hydroxyl groups is 1. The number of likely N-dealkylation sites (tertiary alicyclic amines) is 1. The Balaban J connectivity index is 1.49. The number of aliphatic hydroxyl groups excluding tert-OH is 1. The number of halogens is 1. The summed E-state index contributed by atoms with van der Waals surface area (Å²) < 4.78 is 12.4. The highest BCUT2D eigenvalue weighted by Gasteiger charge is 2.76. The van der Waals surface area contributed by atoms with Gasteiger partial charge in [-0.3, -0.25) is 19.2 Å². The number of esters is 1. The lowest BCUT2D eigenvalue weighted by Crippen LogP contribution is -2.57. The number of hydrogen-bond acceptors (Lipinski definition) is 7. The molecule has 3 saturated heterocycles. The van der Waals surface area contributed by atoms with Gasteiger partial charge in [0.25, 0.3) is 5.91 Å². The van der Waals surface area contributed by atoms with Gasteiger partial charge in [0.1, 0.15) is 18.2 Å². The molecule has 0 saturated carbocycles. The number of anilines is 1. The Morgan fingerprint density at radius 2 is 1.78 bits per heavy atom. The lowest BCUT2D eigenvalue weighted by Gasteiger charge is -2.38. The molecule has 2 aromatic carbocycles. The predicted molar refractivity (Wildman–Crippen MR) is 199 cm³/mol. The van der Waals surface area contributed by atoms with E-state index in [0.29, 0.717) is 32.2 Å². The topological polar surface area (TPSA) is 125 Å². The number of nitrogens with zero attached hydrogens (tertiary/aromatic N) is 2. The molecule has 1 unspecified atom stereocenters. The lowest BCUT2D eigenvalue weighted by atomic mass is 9.70. The van der Waals surface area contributed by atoms with Crippen molar-refractivity contribution in [2.24, 2.45) is 11.8 Å². The Labute approximate surface area is 309 Å². The zero-order chi connectivity index (χ0) is 36.7. The molecule has 3 amide bonds. The van der Waals surface area contributed by atoms with Crippen LogP contribution in [0.3, 0.4) is 0 Å². The Bertz CT molecular complexity index is 1580. The maximum Gasteiger partial charge on any atom is 0.306 e. The number of fused-ring (bicyclic) bond motifs is 1. The van der Waals surface area contributed by atoms with Crippen LogP contribution in [-0.2, 0) is 28.7 Å². The Morgan fingerprint density at radius 1 is 1.08 bits per heavy atom. The van der Waals surface area contributed by atoms with Crippen LogP contribution in [0.4, 0.5) is 5.69 Å². The van der Waals surface area contributed by atoms with Gasteiger partial charge in [-0.15, -0.1) is 13.2 Å². The molecule has 0 aliphatic carbocycles. The van der Waals surface area contributed by atoms with Gasteiger partial charge in [0.15, 0.2) is 0 Å². The summed E-state index contributed by atoms with van der Waals surface area (Å²) in [6.07, 6.45) is 6.57. The molecule has 3 heterocycles. The Kier molecular flexibility index (Phi) is 12.9. The van der Waals surface area contributed by atoms with E-state index in [0.717, 1.165) is 35.2 Å². The summed E-state index contributed by atoms with van der Waals surface area (Å²) in [7, 11) is 0. The monoisotopic (exact) mass is 763 g/mol. The second-order valence-electron chi connectivity index (χ2n) is 13.8. The van der Waals surface area contributed by atoms with Gasteiger partial charge in [-0.25, -0.2) is 0 Å². The van der Waals surface area contributed by atoms with E-state index in [4.69, 9.17) is 9.47 Å². The highest BCUT2D eigenvalue weighted by Crippen LogP contribution is 2.60. The first-order valence-electron chi connectivity index (χ1n) is 17.9. The number of allylic oxidation sites excluding steroid dienone is 1. The lowest BCUT2D eigenvalue weighted by molar-refractivity contribution is -0.145. The van der Waals surface area contributed by atoms with E-state index in [2.05, 4.69) is 34.4 Å². The van der Waals surface area contributed by atoms with Crippen molar-refractivity contribution in [3.05, 3.63) is 90.5 Å². The third-order valence-corrected chi connectivity index (χ3v) is 11.2. The van der Waals surface area contributed by atoms with E-state index < -0.39 is 47.5 Å². The molecule has 10 nitrogen and oxygen atoms in total. The van der Waals surface area contributed by atoms with Crippen LogP contribution in [-0.4, -0.2) is 82.6 Å². The summed E-state index contributed by atoms with van der Waals surface area (Å²) in [6, 6.07) is 13.5. The maximum atomic E-state index is 15.0. The summed E-state index contributed by atoms with van der Waals surface area (Å²) in [5.41, 5.74) is 2.12. The van der Waals surface area contributed by atoms with E-state index in [9.17, 15) is 19.5 Å². The van der Waals surface area contributed by atoms with Gasteiger partial charge < -0.3 is 29.7 Å². The number of nitrogens with one attached hydrogen (secondary N) is 1. The largest absolute Gasteiger partial charge is 0.463 e. The molecule has 3 fully saturated rings. The standard InChI is InChI=1S/C40H50BrN3O7/c1-5-7-20-31(46)50-25-30(28-18-11-10-12-19-28)42-37(47)32-33-38(48)44(22-13-8-9-14-23-45)36(40(33)24-29(41)35(32)51-40)39(49)43(21-6-2)34-26(3)16-15-17-27(34)4/h5-6,10-12,15-19,29-30,32-33,35-36,45H,1-2,7-9,13-14,20-25H2,3-4H3,(H,42,47)/t29?,30-,32-,33+,35-,36-,40+/m1/s1. The first-order valence-corrected chi connectivity index (χ1v) is 18.8. The Hall–Kier alpha value is -3.80. The van der Waals surface area contributed by atoms with Gasteiger partial charge >= 0.3 is 5.97 Å². The molecular weight excluding hydrogens is 714 g/mol. The number of aryl methyl sites for hydroxylation is 2. The molecule has 1 spiro atoms. The van der Waals surface area contributed by atoms with Crippen molar-refractivity contribution < 1.29 is 33.8 Å². The van der Waals surface area contributed by atoms with Crippen molar-refractivity contribution in [2.75, 3.05) is 31.2 Å². The SMILES string of the molecule is C=CCCC(=O)OC[C@@H](NC(=O)[C@H]1[C@@H]2O[C@@]3(CC2Br)[C@@H]1C(=O)N(CCCCCCO)[C@@H]3C(=O)N(CC=C)c1c(C)cccc1C)c1ccccc1. The summed E-state index contributed by atoms with van der Waals surface area (Å²) >= 11 is 3.78. The maximum absolute atomic E-state index is 15.0. The van der Waals surface area contributed by atoms with Gasteiger partial charge in [0.2, 0.25) is 11.8 Å². The van der Waals surface area contributed by atoms with Crippen LogP contribution in [0.15, 0.2) is 73.8 Å². The zero-order valence-corrected chi connectivity index (χ0v) is 31.2. The summed E-state index contributed by atoms with van der Waals surface area (Å²) in [5, 5.41) is 12.4. The van der Waals surface area contributed by atoms with Crippen LogP contribution in [0.1, 0.15) is 67.7 Å². The van der Waals surface area contributed by atoms with Gasteiger partial charge in [-0.1, -0.05) is 89.5 Å². The first kappa shape index (κ1) is 38.4. The minimum Gasteiger partial charge on any atom is -0.463 e. The second kappa shape index (κ2) is 17.1. The van der Waals surface area contributed by atoms with Crippen LogP contribution in [0.2, 0.25) is 0 Å². The molecule has 7 atom stereocenters. The van der Waals surface area contributed by atoms with Gasteiger partial charge in [-0.05, 0) is 56.2 Å².